The van der Waals surface area contributed by atoms with E-state index in [0.717, 1.165) is 22.1 Å². The number of piperazine rings is 1. The summed E-state index contributed by atoms with van der Waals surface area (Å²) in [6.07, 6.45) is 1.66. The fourth-order valence-electron chi connectivity index (χ4n) is 4.76. The Kier molecular flexibility index (Phi) is 5.74. The van der Waals surface area contributed by atoms with Crippen molar-refractivity contribution in [1.82, 2.24) is 14.4 Å². The van der Waals surface area contributed by atoms with Crippen LogP contribution in [0.1, 0.15) is 44.5 Å². The van der Waals surface area contributed by atoms with E-state index in [-0.39, 0.29) is 17.9 Å². The highest BCUT2D eigenvalue weighted by Crippen LogP contribution is 2.25. The lowest BCUT2D eigenvalue weighted by Gasteiger charge is -2.40. The standard InChI is InChI=1S/C28H29N3O3/c1-19-8-10-22(11-9-19)18-31-25(16-23-12-15-34-28(23)31)27(33)29-13-14-30(21(3)17-29)26(32)24-7-5-4-6-20(24)2/h4-12,15-16,21H,13-14,17-18H2,1-3H3/t21-/m1/s1. The number of carbonyl (C=O) groups excluding carboxylic acids is 2. The van der Waals surface area contributed by atoms with E-state index in [4.69, 9.17) is 4.42 Å². The Morgan fingerprint density at radius 1 is 0.971 bits per heavy atom. The summed E-state index contributed by atoms with van der Waals surface area (Å²) in [5.41, 5.74) is 5.31. The van der Waals surface area contributed by atoms with E-state index in [2.05, 4.69) is 31.2 Å². The van der Waals surface area contributed by atoms with Gasteiger partial charge in [0, 0.05) is 36.6 Å². The van der Waals surface area contributed by atoms with Crippen LogP contribution in [-0.2, 0) is 6.54 Å². The van der Waals surface area contributed by atoms with E-state index >= 15 is 0 Å². The molecule has 6 nitrogen and oxygen atoms in total. The van der Waals surface area contributed by atoms with Gasteiger partial charge in [0.05, 0.1) is 12.8 Å². The summed E-state index contributed by atoms with van der Waals surface area (Å²) in [5.74, 6) is -0.00805. The minimum atomic E-state index is -0.0756. The Labute approximate surface area is 199 Å². The van der Waals surface area contributed by atoms with Crippen LogP contribution in [0.5, 0.6) is 0 Å². The van der Waals surface area contributed by atoms with Gasteiger partial charge in [0.25, 0.3) is 11.8 Å². The number of fused-ring (bicyclic) bond motifs is 1. The van der Waals surface area contributed by atoms with Crippen molar-refractivity contribution in [2.75, 3.05) is 19.6 Å². The minimum Gasteiger partial charge on any atom is -0.448 e. The maximum Gasteiger partial charge on any atom is 0.270 e. The highest BCUT2D eigenvalue weighted by molar-refractivity contribution is 5.99. The minimum absolute atomic E-state index is 0.0259. The predicted molar refractivity (Wildman–Crippen MR) is 132 cm³/mol. The second-order valence-electron chi connectivity index (χ2n) is 9.20. The molecule has 3 heterocycles. The molecule has 2 amide bonds. The maximum absolute atomic E-state index is 13.6. The number of hydrogen-bond acceptors (Lipinski definition) is 3. The molecule has 2 aromatic carbocycles. The molecule has 0 saturated carbocycles. The first kappa shape index (κ1) is 22.0. The second kappa shape index (κ2) is 8.86. The first-order valence-corrected chi connectivity index (χ1v) is 11.7. The molecule has 5 rings (SSSR count). The van der Waals surface area contributed by atoms with Crippen LogP contribution in [0.25, 0.3) is 11.1 Å². The lowest BCUT2D eigenvalue weighted by molar-refractivity contribution is 0.0409. The van der Waals surface area contributed by atoms with E-state index < -0.39 is 0 Å². The first-order valence-electron chi connectivity index (χ1n) is 11.7. The third-order valence-electron chi connectivity index (χ3n) is 6.73. The van der Waals surface area contributed by atoms with Crippen molar-refractivity contribution < 1.29 is 14.0 Å². The fourth-order valence-corrected chi connectivity index (χ4v) is 4.76. The highest BCUT2D eigenvalue weighted by Gasteiger charge is 2.32. The second-order valence-corrected chi connectivity index (χ2v) is 9.20. The molecule has 2 aromatic heterocycles. The SMILES string of the molecule is Cc1ccc(Cn2c(C(=O)N3CCN(C(=O)c4ccccc4C)[C@H](C)C3)cc3ccoc32)cc1. The molecule has 4 aromatic rings. The van der Waals surface area contributed by atoms with Gasteiger partial charge in [0.15, 0.2) is 0 Å². The maximum atomic E-state index is 13.6. The summed E-state index contributed by atoms with van der Waals surface area (Å²) >= 11 is 0. The van der Waals surface area contributed by atoms with Gasteiger partial charge < -0.3 is 18.8 Å². The van der Waals surface area contributed by atoms with Crippen LogP contribution in [-0.4, -0.2) is 51.9 Å². The van der Waals surface area contributed by atoms with E-state index in [1.165, 1.54) is 5.56 Å². The summed E-state index contributed by atoms with van der Waals surface area (Å²) in [6.45, 7) is 8.08. The summed E-state index contributed by atoms with van der Waals surface area (Å²) in [6, 6.07) is 19.7. The van der Waals surface area contributed by atoms with Gasteiger partial charge in [0.2, 0.25) is 5.71 Å². The van der Waals surface area contributed by atoms with E-state index in [1.54, 1.807) is 6.26 Å². The topological polar surface area (TPSA) is 58.7 Å². The number of rotatable bonds is 4. The van der Waals surface area contributed by atoms with Crippen LogP contribution in [0.2, 0.25) is 0 Å². The monoisotopic (exact) mass is 455 g/mol. The molecule has 174 valence electrons. The molecule has 0 N–H and O–H groups in total. The molecular weight excluding hydrogens is 426 g/mol. The Morgan fingerprint density at radius 3 is 2.47 bits per heavy atom. The number of aromatic nitrogens is 1. The molecule has 34 heavy (non-hydrogen) atoms. The predicted octanol–water partition coefficient (Wildman–Crippen LogP) is 4.89. The first-order chi connectivity index (χ1) is 16.4. The average Bonchev–Trinajstić information content (AvgIpc) is 3.42. The molecule has 0 unspecified atom stereocenters. The Balaban J connectivity index is 1.37. The van der Waals surface area contributed by atoms with Crippen molar-refractivity contribution in [2.24, 2.45) is 0 Å². The zero-order chi connectivity index (χ0) is 23.8. The molecular formula is C28H29N3O3. The van der Waals surface area contributed by atoms with Crippen molar-refractivity contribution in [3.05, 3.63) is 94.9 Å². The Hall–Kier alpha value is -3.80. The van der Waals surface area contributed by atoms with Crippen molar-refractivity contribution >= 4 is 22.9 Å². The van der Waals surface area contributed by atoms with Crippen LogP contribution < -0.4 is 0 Å². The smallest absolute Gasteiger partial charge is 0.270 e. The number of aryl methyl sites for hydroxylation is 2. The number of nitrogens with zero attached hydrogens (tertiary/aromatic N) is 3. The Morgan fingerprint density at radius 2 is 1.74 bits per heavy atom. The van der Waals surface area contributed by atoms with E-state index in [0.29, 0.717) is 37.6 Å². The van der Waals surface area contributed by atoms with Gasteiger partial charge in [-0.2, -0.15) is 0 Å². The lowest BCUT2D eigenvalue weighted by atomic mass is 10.1. The Bertz CT molecular complexity index is 1350. The molecule has 1 aliphatic rings. The molecule has 0 aliphatic carbocycles. The molecule has 0 spiro atoms. The third-order valence-corrected chi connectivity index (χ3v) is 6.73. The summed E-state index contributed by atoms with van der Waals surface area (Å²) in [7, 11) is 0. The third kappa shape index (κ3) is 4.00. The average molecular weight is 456 g/mol. The zero-order valence-corrected chi connectivity index (χ0v) is 19.8. The van der Waals surface area contributed by atoms with Crippen molar-refractivity contribution in [3.63, 3.8) is 0 Å². The molecule has 0 radical (unpaired) electrons. The molecule has 1 saturated heterocycles. The zero-order valence-electron chi connectivity index (χ0n) is 19.8. The van der Waals surface area contributed by atoms with Crippen molar-refractivity contribution in [1.29, 1.82) is 0 Å². The quantitative estimate of drug-likeness (QED) is 0.440. The molecule has 1 atom stereocenters. The van der Waals surface area contributed by atoms with Crippen LogP contribution in [0.4, 0.5) is 0 Å². The number of benzene rings is 2. The van der Waals surface area contributed by atoms with Gasteiger partial charge in [-0.05, 0) is 50.1 Å². The highest BCUT2D eigenvalue weighted by atomic mass is 16.3. The summed E-state index contributed by atoms with van der Waals surface area (Å²) in [5, 5.41) is 0.914. The lowest BCUT2D eigenvalue weighted by Crippen LogP contribution is -2.55. The fraction of sp³-hybridized carbons (Fsp3) is 0.286. The van der Waals surface area contributed by atoms with Gasteiger partial charge >= 0.3 is 0 Å². The number of hydrogen-bond donors (Lipinski definition) is 0. The molecule has 6 heteroatoms. The molecule has 0 bridgehead atoms. The van der Waals surface area contributed by atoms with Gasteiger partial charge in [-0.1, -0.05) is 48.0 Å². The van der Waals surface area contributed by atoms with E-state index in [1.807, 2.05) is 64.6 Å². The van der Waals surface area contributed by atoms with Gasteiger partial charge in [0.1, 0.15) is 5.69 Å². The van der Waals surface area contributed by atoms with Crippen molar-refractivity contribution in [2.45, 2.75) is 33.4 Å². The van der Waals surface area contributed by atoms with Crippen LogP contribution in [0.3, 0.4) is 0 Å². The van der Waals surface area contributed by atoms with Gasteiger partial charge in [-0.25, -0.2) is 0 Å². The van der Waals surface area contributed by atoms with Crippen LogP contribution >= 0.6 is 0 Å². The largest absolute Gasteiger partial charge is 0.448 e. The number of amides is 2. The van der Waals surface area contributed by atoms with Crippen molar-refractivity contribution in [3.8, 4) is 0 Å². The summed E-state index contributed by atoms with van der Waals surface area (Å²) < 4.78 is 7.69. The number of furan rings is 1. The van der Waals surface area contributed by atoms with Crippen LogP contribution in [0.15, 0.2) is 71.3 Å². The normalized spacial score (nSPS) is 16.3. The number of carbonyl (C=O) groups is 2. The van der Waals surface area contributed by atoms with Gasteiger partial charge in [-0.15, -0.1) is 0 Å². The molecule has 1 fully saturated rings. The van der Waals surface area contributed by atoms with E-state index in [9.17, 15) is 9.59 Å². The van der Waals surface area contributed by atoms with Crippen LogP contribution in [0, 0.1) is 13.8 Å². The van der Waals surface area contributed by atoms with Gasteiger partial charge in [-0.3, -0.25) is 9.59 Å². The molecule has 1 aliphatic heterocycles. The summed E-state index contributed by atoms with van der Waals surface area (Å²) in [4.78, 5) is 30.5.